The van der Waals surface area contributed by atoms with Crippen LogP contribution in [0.4, 0.5) is 29.3 Å². The molecule has 0 bridgehead atoms. The summed E-state index contributed by atoms with van der Waals surface area (Å²) < 4.78 is 82.5. The van der Waals surface area contributed by atoms with Crippen molar-refractivity contribution in [2.75, 3.05) is 10.6 Å². The van der Waals surface area contributed by atoms with Crippen LogP contribution in [0.15, 0.2) is 18.7 Å². The molecule has 2 aliphatic heterocycles. The third kappa shape index (κ3) is 12.7. The number of ether oxygens (including phenoxy) is 5. The molecule has 0 aliphatic carbocycles. The second-order valence-corrected chi connectivity index (χ2v) is 15.1. The normalized spacial score (nSPS) is 21.6. The molecule has 6 rings (SSSR count). The second kappa shape index (κ2) is 22.6. The van der Waals surface area contributed by atoms with Gasteiger partial charge in [-0.1, -0.05) is 79.6 Å². The summed E-state index contributed by atoms with van der Waals surface area (Å²) in [6.45, 7) is 13.1. The number of hydrogen-bond acceptors (Lipinski definition) is 15. The number of nitrogens with zero attached hydrogens (tertiary/aromatic N) is 6. The third-order valence-corrected chi connectivity index (χ3v) is 9.43. The minimum Gasteiger partial charge on any atom is -0.451 e. The van der Waals surface area contributed by atoms with E-state index in [9.17, 15) is 41.5 Å². The zero-order valence-corrected chi connectivity index (χ0v) is 36.3. The highest BCUT2D eigenvalue weighted by Crippen LogP contribution is 2.45. The molecule has 19 nitrogen and oxygen atoms in total. The largest absolute Gasteiger partial charge is 0.451 e. The number of carbonyl (C=O) groups is 5. The van der Waals surface area contributed by atoms with Crippen LogP contribution in [0.1, 0.15) is 96.2 Å². The minimum atomic E-state index is -3.42. The van der Waals surface area contributed by atoms with Crippen LogP contribution in [0.3, 0.4) is 0 Å². The van der Waals surface area contributed by atoms with Crippen LogP contribution in [-0.4, -0.2) is 107 Å². The highest BCUT2D eigenvalue weighted by atomic mass is 35.5. The summed E-state index contributed by atoms with van der Waals surface area (Å²) >= 11 is 12.1. The number of amides is 2. The lowest BCUT2D eigenvalue weighted by Gasteiger charge is -2.23. The van der Waals surface area contributed by atoms with E-state index in [1.807, 2.05) is 13.8 Å². The lowest BCUT2D eigenvalue weighted by atomic mass is 10.1. The fraction of sp³-hybridized carbons (Fsp3) is 0.590. The van der Waals surface area contributed by atoms with Crippen molar-refractivity contribution in [2.45, 2.75) is 139 Å². The number of H-pyrrole nitrogens is 1. The number of rotatable bonds is 10. The molecule has 0 spiro atoms. The van der Waals surface area contributed by atoms with Gasteiger partial charge in [-0.3, -0.25) is 33.9 Å². The first-order chi connectivity index (χ1) is 28.9. The average Bonchev–Trinajstić information content (AvgIpc) is 3.92. The van der Waals surface area contributed by atoms with Crippen molar-refractivity contribution >= 4 is 87.0 Å². The van der Waals surface area contributed by atoms with Crippen LogP contribution < -0.4 is 10.6 Å². The quantitative estimate of drug-likeness (QED) is 0.0598. The summed E-state index contributed by atoms with van der Waals surface area (Å²) in [6.07, 6.45) is -6.89. The van der Waals surface area contributed by atoms with Gasteiger partial charge in [0.1, 0.15) is 29.1 Å². The van der Waals surface area contributed by atoms with Crippen molar-refractivity contribution in [1.82, 2.24) is 34.5 Å². The smallest absolute Gasteiger partial charge is 0.316 e. The summed E-state index contributed by atoms with van der Waals surface area (Å²) in [5.74, 6) is -9.91. The van der Waals surface area contributed by atoms with Gasteiger partial charge in [0.05, 0.1) is 17.7 Å². The van der Waals surface area contributed by atoms with Crippen LogP contribution in [-0.2, 0) is 47.7 Å². The summed E-state index contributed by atoms with van der Waals surface area (Å²) in [5, 5.41) is 5.59. The number of pyridine rings is 1. The molecule has 0 radical (unpaired) electrons. The van der Waals surface area contributed by atoms with Gasteiger partial charge in [0.25, 0.3) is 0 Å². The summed E-state index contributed by atoms with van der Waals surface area (Å²) in [5.41, 5.74) is 1.34. The Bertz CT molecular complexity index is 2280. The fourth-order valence-electron chi connectivity index (χ4n) is 5.82. The second-order valence-electron chi connectivity index (χ2n) is 14.4. The number of aromatic amines is 1. The van der Waals surface area contributed by atoms with Crippen LogP contribution in [0, 0.1) is 11.8 Å². The first kappa shape index (κ1) is 54.9. The van der Waals surface area contributed by atoms with Gasteiger partial charge in [0, 0.05) is 38.7 Å². The van der Waals surface area contributed by atoms with Crippen molar-refractivity contribution in [3.05, 3.63) is 28.9 Å². The molecule has 0 saturated carbocycles. The van der Waals surface area contributed by atoms with Gasteiger partial charge in [-0.2, -0.15) is 27.5 Å². The van der Waals surface area contributed by atoms with Crippen molar-refractivity contribution in [3.63, 3.8) is 0 Å². The van der Waals surface area contributed by atoms with Crippen molar-refractivity contribution in [2.24, 2.45) is 11.8 Å². The molecule has 2 aliphatic rings. The van der Waals surface area contributed by atoms with Gasteiger partial charge >= 0.3 is 29.8 Å². The number of imidazole rings is 2. The Morgan fingerprint density at radius 3 is 1.88 bits per heavy atom. The molecule has 3 N–H and O–H groups in total. The number of hydrogen-bond donors (Lipinski definition) is 3. The van der Waals surface area contributed by atoms with Gasteiger partial charge in [0.15, 0.2) is 22.7 Å². The Morgan fingerprint density at radius 1 is 0.797 bits per heavy atom. The lowest BCUT2D eigenvalue weighted by molar-refractivity contribution is -0.198. The number of halogens is 6. The first-order valence-corrected chi connectivity index (χ1v) is 19.8. The van der Waals surface area contributed by atoms with Gasteiger partial charge < -0.3 is 34.0 Å². The molecule has 64 heavy (non-hydrogen) atoms. The standard InChI is InChI=1S/C17H20ClF2N5O4.C10H11ClN4O.C10H14F2O5.2CH4/c1-5-9-17(19,20)11(28-8(4)26)15(29-9)25-6-21-10-12(18)22-16(23-13(10)25)24-14(27)7(2)3;1-5(2)10(16)15-7-3-6(11)8-9(14-7)13-4-12-8;1-4-7-10(11,12)8(15-5(2)13)9(17-7)16-6(3)14;;/h6-7,9,11,15H,5H2,1-4H3,(H,22,23,24,27);3-5H,1-2H3,(H2,12,13,14,15,16);7-9H,4H2,1-3H3;2*1H4/t9-,11+,15-;;7-,8+,9?;;/m1.1../s1. The van der Waals surface area contributed by atoms with E-state index in [-0.39, 0.29) is 73.6 Å². The maximum Gasteiger partial charge on any atom is 0.316 e. The zero-order valence-electron chi connectivity index (χ0n) is 34.8. The average molecular weight is 955 g/mol. The molecule has 25 heteroatoms. The zero-order chi connectivity index (χ0) is 46.4. The summed E-state index contributed by atoms with van der Waals surface area (Å²) in [6, 6.07) is 1.60. The number of carbonyl (C=O) groups excluding carboxylic acids is 5. The fourth-order valence-corrected chi connectivity index (χ4v) is 6.28. The van der Waals surface area contributed by atoms with E-state index in [2.05, 4.69) is 50.0 Å². The number of fused-ring (bicyclic) bond motifs is 2. The first-order valence-electron chi connectivity index (χ1n) is 19.0. The SMILES string of the molecule is C.C.CC(C)C(=O)Nc1cc(Cl)c2[nH]cnc2n1.CC[C@H]1OC(OC(C)=O)[C@H](OC(C)=O)C1(F)F.CC[C@H]1O[C@@H](n2cnc3c(Cl)nc(NC(=O)C(C)C)nc32)[C@H](OC(C)=O)C1(F)F. The van der Waals surface area contributed by atoms with E-state index < -0.39 is 66.7 Å². The third-order valence-electron chi connectivity index (χ3n) is 8.87. The number of esters is 3. The van der Waals surface area contributed by atoms with Crippen molar-refractivity contribution in [1.29, 1.82) is 0 Å². The monoisotopic (exact) mass is 953 g/mol. The number of alkyl halides is 4. The van der Waals surface area contributed by atoms with Gasteiger partial charge in [0.2, 0.25) is 36.3 Å². The van der Waals surface area contributed by atoms with Crippen LogP contribution in [0.2, 0.25) is 10.2 Å². The molecule has 1 unspecified atom stereocenters. The number of aromatic nitrogens is 7. The Hall–Kier alpha value is -5.26. The summed E-state index contributed by atoms with van der Waals surface area (Å²) in [7, 11) is 0. The van der Waals surface area contributed by atoms with Crippen LogP contribution >= 0.6 is 23.2 Å². The van der Waals surface area contributed by atoms with Crippen molar-refractivity contribution < 1.29 is 65.2 Å². The van der Waals surface area contributed by atoms with E-state index in [1.54, 1.807) is 19.9 Å². The molecular weight excluding hydrogens is 901 g/mol. The summed E-state index contributed by atoms with van der Waals surface area (Å²) in [4.78, 5) is 79.6. The molecule has 0 aromatic carbocycles. The number of anilines is 2. The van der Waals surface area contributed by atoms with Crippen LogP contribution in [0.25, 0.3) is 22.3 Å². The Morgan fingerprint density at radius 2 is 1.33 bits per heavy atom. The molecule has 2 fully saturated rings. The molecule has 2 saturated heterocycles. The maximum atomic E-state index is 14.7. The topological polar surface area (TPSA) is 241 Å². The molecule has 4 aromatic rings. The van der Waals surface area contributed by atoms with Gasteiger partial charge in [-0.15, -0.1) is 0 Å². The Balaban J connectivity index is 0.000000347. The van der Waals surface area contributed by atoms with Crippen LogP contribution in [0.5, 0.6) is 0 Å². The maximum absolute atomic E-state index is 14.7. The van der Waals surface area contributed by atoms with E-state index in [1.165, 1.54) is 31.1 Å². The van der Waals surface area contributed by atoms with E-state index >= 15 is 0 Å². The Kier molecular flexibility index (Phi) is 19.4. The van der Waals surface area contributed by atoms with Gasteiger partial charge in [-0.05, 0) is 12.8 Å². The molecule has 4 aromatic heterocycles. The highest BCUT2D eigenvalue weighted by Gasteiger charge is 2.62. The molecule has 6 heterocycles. The lowest BCUT2D eigenvalue weighted by Crippen LogP contribution is -2.43. The molecule has 356 valence electrons. The molecule has 6 atom stereocenters. The highest BCUT2D eigenvalue weighted by molar-refractivity contribution is 6.35. The van der Waals surface area contributed by atoms with Crippen molar-refractivity contribution in [3.8, 4) is 0 Å². The molecular formula is C39H53Cl2F4N9O10. The van der Waals surface area contributed by atoms with E-state index in [0.29, 0.717) is 22.0 Å². The molecule has 2 amide bonds. The predicted octanol–water partition coefficient (Wildman–Crippen LogP) is 7.68. The van der Waals surface area contributed by atoms with E-state index in [0.717, 1.165) is 20.8 Å². The number of nitrogens with one attached hydrogen (secondary N) is 3. The van der Waals surface area contributed by atoms with Gasteiger partial charge in [-0.25, -0.2) is 15.0 Å². The minimum absolute atomic E-state index is 0. The van der Waals surface area contributed by atoms with E-state index in [4.69, 9.17) is 37.4 Å². The Labute approximate surface area is 376 Å². The predicted molar refractivity (Wildman–Crippen MR) is 226 cm³/mol.